The van der Waals surface area contributed by atoms with Gasteiger partial charge >= 0.3 is 27.8 Å². The number of hydrogen-bond acceptors (Lipinski definition) is 2. The highest BCUT2D eigenvalue weighted by Crippen LogP contribution is 2.37. The van der Waals surface area contributed by atoms with E-state index in [9.17, 15) is 34.8 Å². The lowest BCUT2D eigenvalue weighted by Gasteiger charge is -2.21. The summed E-state index contributed by atoms with van der Waals surface area (Å²) in [6.07, 6.45) is -0.823. The van der Waals surface area contributed by atoms with Crippen LogP contribution in [0.4, 0.5) is 32.3 Å². The largest absolute Gasteiger partial charge is 0.554 e. The summed E-state index contributed by atoms with van der Waals surface area (Å²) in [4.78, 5) is 0. The maximum absolute atomic E-state index is 13.1. The second kappa shape index (κ2) is 7.19. The molecule has 0 bridgehead atoms. The average Bonchev–Trinajstić information content (AvgIpc) is 2.74. The Morgan fingerprint density at radius 1 is 1.12 bits per heavy atom. The maximum Gasteiger partial charge on any atom is 0.554 e. The fourth-order valence-electron chi connectivity index (χ4n) is 2.12. The van der Waals surface area contributed by atoms with Gasteiger partial charge in [-0.15, -0.1) is 13.2 Å². The van der Waals surface area contributed by atoms with Crippen molar-refractivity contribution in [3.63, 3.8) is 0 Å². The fraction of sp³-hybridized carbons (Fsp3) is 0.750. The summed E-state index contributed by atoms with van der Waals surface area (Å²) in [5, 5.41) is 0. The first-order chi connectivity index (χ1) is 10.8. The summed E-state index contributed by atoms with van der Waals surface area (Å²) in [5.74, 6) is -1.11. The third-order valence-corrected chi connectivity index (χ3v) is 4.68. The van der Waals surface area contributed by atoms with Gasteiger partial charge in [0, 0.05) is 0 Å². The quantitative estimate of drug-likeness (QED) is 0.315. The van der Waals surface area contributed by atoms with Crippen molar-refractivity contribution in [3.8, 4) is 0 Å². The number of aromatic nitrogens is 2. The minimum Gasteiger partial charge on any atom is -0.237 e. The van der Waals surface area contributed by atoms with Gasteiger partial charge in [-0.25, -0.2) is 9.13 Å². The van der Waals surface area contributed by atoms with Crippen molar-refractivity contribution in [2.75, 3.05) is 4.31 Å². The van der Waals surface area contributed by atoms with Gasteiger partial charge in [0.15, 0.2) is 0 Å². The molecule has 0 radical (unpaired) electrons. The molecular weight excluding hydrogens is 364 g/mol. The van der Waals surface area contributed by atoms with E-state index in [1.807, 2.05) is 6.92 Å². The lowest BCUT2D eigenvalue weighted by Crippen LogP contribution is -2.54. The van der Waals surface area contributed by atoms with Crippen LogP contribution in [-0.2, 0) is 23.6 Å². The van der Waals surface area contributed by atoms with Crippen LogP contribution in [-0.4, -0.2) is 24.8 Å². The van der Waals surface area contributed by atoms with Gasteiger partial charge < -0.3 is 0 Å². The van der Waals surface area contributed by atoms with E-state index >= 15 is 0 Å². The van der Waals surface area contributed by atoms with E-state index in [4.69, 9.17) is 0 Å². The van der Waals surface area contributed by atoms with Crippen molar-refractivity contribution in [2.24, 2.45) is 7.05 Å². The molecule has 0 aliphatic rings. The Labute approximate surface area is 135 Å². The predicted molar refractivity (Wildman–Crippen MR) is 73.3 cm³/mol. The highest BCUT2D eigenvalue weighted by atomic mass is 32.2. The molecule has 140 valence electrons. The van der Waals surface area contributed by atoms with Crippen LogP contribution in [0.15, 0.2) is 12.4 Å². The molecule has 12 heteroatoms. The van der Waals surface area contributed by atoms with Crippen molar-refractivity contribution >= 4 is 16.0 Å². The summed E-state index contributed by atoms with van der Waals surface area (Å²) in [7, 11) is -5.59. The SMILES string of the molecule is CCCCCCn1cc[n+](C)c1N(C(F)(F)F)S(=O)(=O)C(F)(F)F. The molecule has 0 saturated heterocycles. The first-order valence-corrected chi connectivity index (χ1v) is 8.51. The number of sulfonamides is 1. The Bertz CT molecular complexity index is 651. The number of anilines is 1. The molecule has 24 heavy (non-hydrogen) atoms. The highest BCUT2D eigenvalue weighted by molar-refractivity contribution is 7.93. The minimum atomic E-state index is -6.63. The number of aryl methyl sites for hydroxylation is 2. The van der Waals surface area contributed by atoms with Crippen LogP contribution in [0.25, 0.3) is 0 Å². The molecule has 0 fully saturated rings. The summed E-state index contributed by atoms with van der Waals surface area (Å²) >= 11 is 0. The molecule has 0 unspecified atom stereocenters. The molecule has 0 N–H and O–H groups in total. The number of halogens is 6. The molecule has 0 aliphatic carbocycles. The third kappa shape index (κ3) is 4.33. The van der Waals surface area contributed by atoms with Gasteiger partial charge in [-0.2, -0.15) is 21.6 Å². The van der Waals surface area contributed by atoms with E-state index in [0.717, 1.165) is 36.9 Å². The van der Waals surface area contributed by atoms with Crippen molar-refractivity contribution in [1.82, 2.24) is 4.57 Å². The molecule has 1 aromatic heterocycles. The zero-order valence-corrected chi connectivity index (χ0v) is 13.8. The van der Waals surface area contributed by atoms with Gasteiger partial charge in [0.05, 0.1) is 26.0 Å². The first-order valence-electron chi connectivity index (χ1n) is 7.07. The number of imidazole rings is 1. The Balaban J connectivity index is 3.34. The Morgan fingerprint density at radius 2 is 1.71 bits per heavy atom. The van der Waals surface area contributed by atoms with Crippen LogP contribution in [0.3, 0.4) is 0 Å². The molecule has 0 aromatic carbocycles. The zero-order valence-electron chi connectivity index (χ0n) is 13.0. The molecule has 5 nitrogen and oxygen atoms in total. The van der Waals surface area contributed by atoms with E-state index in [0.29, 0.717) is 17.4 Å². The van der Waals surface area contributed by atoms with Crippen LogP contribution >= 0.6 is 0 Å². The van der Waals surface area contributed by atoms with E-state index < -0.39 is 32.1 Å². The third-order valence-electron chi connectivity index (χ3n) is 3.24. The van der Waals surface area contributed by atoms with Gasteiger partial charge in [0.1, 0.15) is 0 Å². The van der Waals surface area contributed by atoms with Crippen molar-refractivity contribution in [2.45, 2.75) is 51.0 Å². The molecule has 0 spiro atoms. The topological polar surface area (TPSA) is 46.2 Å². The monoisotopic (exact) mass is 382 g/mol. The molecular formula is C12H18F6N3O2S+. The minimum absolute atomic E-state index is 0.0316. The van der Waals surface area contributed by atoms with Crippen molar-refractivity contribution in [1.29, 1.82) is 0 Å². The van der Waals surface area contributed by atoms with Crippen LogP contribution in [0, 0.1) is 0 Å². The normalized spacial score (nSPS) is 13.3. The molecule has 0 amide bonds. The molecule has 1 heterocycles. The van der Waals surface area contributed by atoms with E-state index in [2.05, 4.69) is 0 Å². The molecule has 0 aliphatic heterocycles. The van der Waals surface area contributed by atoms with Gasteiger partial charge in [-0.05, 0) is 6.42 Å². The molecule has 1 aromatic rings. The van der Waals surface area contributed by atoms with Gasteiger partial charge in [0.25, 0.3) is 0 Å². The fourth-order valence-corrected chi connectivity index (χ4v) is 3.05. The summed E-state index contributed by atoms with van der Waals surface area (Å²) < 4.78 is 100. The number of rotatable bonds is 7. The van der Waals surface area contributed by atoms with Gasteiger partial charge in [-0.3, -0.25) is 0 Å². The second-order valence-electron chi connectivity index (χ2n) is 5.15. The smallest absolute Gasteiger partial charge is 0.237 e. The van der Waals surface area contributed by atoms with E-state index in [-0.39, 0.29) is 6.54 Å². The summed E-state index contributed by atoms with van der Waals surface area (Å²) in [5.41, 5.74) is -6.08. The van der Waals surface area contributed by atoms with Gasteiger partial charge in [0.2, 0.25) is 0 Å². The van der Waals surface area contributed by atoms with E-state index in [1.54, 1.807) is 0 Å². The Morgan fingerprint density at radius 3 is 2.17 bits per heavy atom. The Kier molecular flexibility index (Phi) is 6.17. The van der Waals surface area contributed by atoms with Crippen molar-refractivity contribution < 1.29 is 39.3 Å². The lowest BCUT2D eigenvalue weighted by molar-refractivity contribution is -0.658. The number of nitrogens with zero attached hydrogens (tertiary/aromatic N) is 3. The lowest BCUT2D eigenvalue weighted by atomic mass is 10.2. The average molecular weight is 382 g/mol. The number of alkyl halides is 6. The van der Waals surface area contributed by atoms with Crippen LogP contribution in [0.2, 0.25) is 0 Å². The van der Waals surface area contributed by atoms with Crippen LogP contribution in [0.1, 0.15) is 32.6 Å². The van der Waals surface area contributed by atoms with Crippen LogP contribution < -0.4 is 8.87 Å². The molecule has 1 rings (SSSR count). The van der Waals surface area contributed by atoms with Gasteiger partial charge in [-0.1, -0.05) is 30.5 Å². The molecule has 0 saturated carbocycles. The van der Waals surface area contributed by atoms with Crippen molar-refractivity contribution in [3.05, 3.63) is 12.4 Å². The summed E-state index contributed by atoms with van der Waals surface area (Å²) in [6.45, 7) is 1.89. The highest BCUT2D eigenvalue weighted by Gasteiger charge is 2.65. The standard InChI is InChI=1S/C12H18F6N3O2S/c1-3-4-5-6-7-20-9-8-19(2)10(20)21(11(13,14)15)24(22,23)12(16,17)18/h8-9H,3-7H2,1-2H3/q+1. The molecule has 0 atom stereocenters. The maximum atomic E-state index is 13.1. The van der Waals surface area contributed by atoms with E-state index in [1.165, 1.54) is 0 Å². The number of hydrogen-bond donors (Lipinski definition) is 0. The predicted octanol–water partition coefficient (Wildman–Crippen LogP) is 3.07. The number of unbranched alkanes of at least 4 members (excludes halogenated alkanes) is 3. The Hall–Kier alpha value is -1.46. The zero-order chi connectivity index (χ0) is 18.8. The van der Waals surface area contributed by atoms with Crippen LogP contribution in [0.5, 0.6) is 0 Å². The second-order valence-corrected chi connectivity index (χ2v) is 6.92. The first kappa shape index (κ1) is 20.6. The summed E-state index contributed by atoms with van der Waals surface area (Å²) in [6, 6.07) is 0.